The van der Waals surface area contributed by atoms with Crippen LogP contribution in [0.1, 0.15) is 24.3 Å². The molecule has 8 heteroatoms. The zero-order valence-corrected chi connectivity index (χ0v) is 16.2. The number of benzene rings is 2. The van der Waals surface area contributed by atoms with Crippen LogP contribution in [0.25, 0.3) is 21.0 Å². The third-order valence-electron chi connectivity index (χ3n) is 4.28. The van der Waals surface area contributed by atoms with Crippen molar-refractivity contribution in [3.8, 4) is 5.75 Å². The Morgan fingerprint density at radius 1 is 1.14 bits per heavy atom. The Bertz CT molecular complexity index is 1250. The average Bonchev–Trinajstić information content (AvgIpc) is 3.12. The van der Waals surface area contributed by atoms with E-state index >= 15 is 0 Å². The number of nitrogens with one attached hydrogen (secondary N) is 1. The minimum Gasteiger partial charge on any atom is -0.492 e. The molecule has 142 valence electrons. The number of rotatable bonds is 5. The van der Waals surface area contributed by atoms with E-state index in [1.165, 1.54) is 16.0 Å². The molecule has 0 atom stereocenters. The zero-order valence-electron chi connectivity index (χ0n) is 15.4. The van der Waals surface area contributed by atoms with Crippen LogP contribution in [0, 0.1) is 0 Å². The first-order valence-corrected chi connectivity index (χ1v) is 9.77. The molecule has 0 aliphatic rings. The number of hydrogen-bond donors (Lipinski definition) is 1. The molecule has 0 bridgehead atoms. The normalized spacial score (nSPS) is 11.1. The molecule has 2 aromatic carbocycles. The van der Waals surface area contributed by atoms with Crippen molar-refractivity contribution in [2.75, 3.05) is 11.9 Å². The van der Waals surface area contributed by atoms with Gasteiger partial charge >= 0.3 is 0 Å². The molecule has 0 aliphatic heterocycles. The first-order chi connectivity index (χ1) is 13.6. The number of ether oxygens (including phenoxy) is 1. The van der Waals surface area contributed by atoms with Crippen molar-refractivity contribution in [2.45, 2.75) is 20.4 Å². The number of aryl methyl sites for hydroxylation is 1. The highest BCUT2D eigenvalue weighted by molar-refractivity contribution is 7.22. The number of carbonyl (C=O) groups is 1. The number of thiazole rings is 1. The summed E-state index contributed by atoms with van der Waals surface area (Å²) < 4.78 is 7.81. The summed E-state index contributed by atoms with van der Waals surface area (Å²) in [6.07, 6.45) is 0. The first-order valence-electron chi connectivity index (χ1n) is 8.96. The monoisotopic (exact) mass is 394 g/mol. The third-order valence-corrected chi connectivity index (χ3v) is 5.22. The van der Waals surface area contributed by atoms with E-state index in [2.05, 4.69) is 15.4 Å². The number of nitrogens with zero attached hydrogens (tertiary/aromatic N) is 3. The van der Waals surface area contributed by atoms with Crippen molar-refractivity contribution in [1.29, 1.82) is 0 Å². The molecule has 28 heavy (non-hydrogen) atoms. The fourth-order valence-electron chi connectivity index (χ4n) is 3.02. The van der Waals surface area contributed by atoms with E-state index in [1.54, 1.807) is 24.3 Å². The number of fused-ring (bicyclic) bond motifs is 2. The molecule has 2 heterocycles. The van der Waals surface area contributed by atoms with Gasteiger partial charge in [-0.05, 0) is 32.0 Å². The van der Waals surface area contributed by atoms with E-state index in [1.807, 2.05) is 32.0 Å². The number of amides is 1. The lowest BCUT2D eigenvalue weighted by atomic mass is 10.1. The quantitative estimate of drug-likeness (QED) is 0.558. The summed E-state index contributed by atoms with van der Waals surface area (Å²) in [5.74, 6) is 0.273. The van der Waals surface area contributed by atoms with Crippen LogP contribution in [0.3, 0.4) is 0 Å². The minimum atomic E-state index is -0.407. The second-order valence-corrected chi connectivity index (χ2v) is 7.05. The Kier molecular flexibility index (Phi) is 4.79. The lowest BCUT2D eigenvalue weighted by Gasteiger charge is -2.09. The van der Waals surface area contributed by atoms with Gasteiger partial charge in [-0.2, -0.15) is 5.10 Å². The van der Waals surface area contributed by atoms with Gasteiger partial charge in [0.15, 0.2) is 10.8 Å². The van der Waals surface area contributed by atoms with E-state index < -0.39 is 5.91 Å². The molecule has 0 unspecified atom stereocenters. The summed E-state index contributed by atoms with van der Waals surface area (Å²) >= 11 is 1.36. The Labute approximate surface area is 164 Å². The van der Waals surface area contributed by atoms with Gasteiger partial charge in [-0.3, -0.25) is 14.9 Å². The van der Waals surface area contributed by atoms with E-state index in [0.29, 0.717) is 40.3 Å². The van der Waals surface area contributed by atoms with Crippen LogP contribution in [0.4, 0.5) is 5.13 Å². The van der Waals surface area contributed by atoms with Gasteiger partial charge in [0.05, 0.1) is 16.7 Å². The van der Waals surface area contributed by atoms with Gasteiger partial charge in [-0.25, -0.2) is 9.67 Å². The summed E-state index contributed by atoms with van der Waals surface area (Å²) in [6.45, 7) is 4.64. The molecule has 0 radical (unpaired) electrons. The molecule has 4 rings (SSSR count). The third kappa shape index (κ3) is 3.11. The van der Waals surface area contributed by atoms with Crippen LogP contribution >= 0.6 is 11.3 Å². The predicted molar refractivity (Wildman–Crippen MR) is 110 cm³/mol. The summed E-state index contributed by atoms with van der Waals surface area (Å²) in [4.78, 5) is 29.9. The first kappa shape index (κ1) is 18.1. The molecule has 1 N–H and O–H groups in total. The van der Waals surface area contributed by atoms with Crippen molar-refractivity contribution < 1.29 is 9.53 Å². The van der Waals surface area contributed by atoms with Crippen molar-refractivity contribution in [1.82, 2.24) is 14.8 Å². The van der Waals surface area contributed by atoms with Gasteiger partial charge in [-0.1, -0.05) is 35.6 Å². The van der Waals surface area contributed by atoms with Crippen LogP contribution in [0.15, 0.2) is 47.3 Å². The average molecular weight is 394 g/mol. The molecule has 0 saturated carbocycles. The molecule has 2 aromatic heterocycles. The summed E-state index contributed by atoms with van der Waals surface area (Å²) in [6, 6.07) is 12.7. The molecule has 0 spiro atoms. The molecular weight excluding hydrogens is 376 g/mol. The number of aromatic nitrogens is 3. The fraction of sp³-hybridized carbons (Fsp3) is 0.200. The lowest BCUT2D eigenvalue weighted by molar-refractivity contribution is 0.102. The maximum atomic E-state index is 12.9. The second-order valence-electron chi connectivity index (χ2n) is 6.02. The highest BCUT2D eigenvalue weighted by Gasteiger charge is 2.18. The molecule has 0 aliphatic carbocycles. The van der Waals surface area contributed by atoms with Crippen LogP contribution in [-0.2, 0) is 6.54 Å². The van der Waals surface area contributed by atoms with Gasteiger partial charge in [0, 0.05) is 11.9 Å². The number of anilines is 1. The highest BCUT2D eigenvalue weighted by atomic mass is 32.1. The van der Waals surface area contributed by atoms with E-state index in [9.17, 15) is 9.59 Å². The zero-order chi connectivity index (χ0) is 19.7. The lowest BCUT2D eigenvalue weighted by Crippen LogP contribution is -2.27. The molecular formula is C20H18N4O3S. The van der Waals surface area contributed by atoms with Crippen molar-refractivity contribution in [3.63, 3.8) is 0 Å². The van der Waals surface area contributed by atoms with Gasteiger partial charge in [0.25, 0.3) is 11.5 Å². The van der Waals surface area contributed by atoms with Gasteiger partial charge in [0.1, 0.15) is 11.3 Å². The molecule has 4 aromatic rings. The highest BCUT2D eigenvalue weighted by Crippen LogP contribution is 2.32. The molecule has 7 nitrogen and oxygen atoms in total. The molecule has 0 fully saturated rings. The smallest absolute Gasteiger partial charge is 0.278 e. The second kappa shape index (κ2) is 7.40. The van der Waals surface area contributed by atoms with Crippen LogP contribution in [0.5, 0.6) is 5.75 Å². The van der Waals surface area contributed by atoms with E-state index in [0.717, 1.165) is 4.70 Å². The largest absolute Gasteiger partial charge is 0.492 e. The molecule has 0 saturated heterocycles. The molecule has 1 amide bonds. The Balaban J connectivity index is 1.75. The predicted octanol–water partition coefficient (Wildman–Crippen LogP) is 3.68. The van der Waals surface area contributed by atoms with Crippen molar-refractivity contribution >= 4 is 43.4 Å². The minimum absolute atomic E-state index is 0.196. The SMILES string of the molecule is CCOc1cccc2sc(NC(=O)c3nn(CC)c(=O)c4ccccc34)nc12. The van der Waals surface area contributed by atoms with E-state index in [-0.39, 0.29) is 11.3 Å². The van der Waals surface area contributed by atoms with Crippen molar-refractivity contribution in [2.24, 2.45) is 0 Å². The van der Waals surface area contributed by atoms with Crippen molar-refractivity contribution in [3.05, 3.63) is 58.5 Å². The topological polar surface area (TPSA) is 86.1 Å². The Morgan fingerprint density at radius 2 is 1.93 bits per heavy atom. The van der Waals surface area contributed by atoms with Gasteiger partial charge in [0.2, 0.25) is 0 Å². The summed E-state index contributed by atoms with van der Waals surface area (Å²) in [5, 5.41) is 8.51. The Hall–Kier alpha value is -3.26. The van der Waals surface area contributed by atoms with Crippen LogP contribution in [-0.4, -0.2) is 27.3 Å². The standard InChI is InChI=1S/C20H18N4O3S/c1-3-24-19(26)13-9-6-5-8-12(13)16(23-24)18(25)22-20-21-17-14(27-4-2)10-7-11-15(17)28-20/h5-11H,3-4H2,1-2H3,(H,21,22,25). The van der Waals surface area contributed by atoms with Crippen LogP contribution in [0.2, 0.25) is 0 Å². The summed E-state index contributed by atoms with van der Waals surface area (Å²) in [5.41, 5.74) is 0.693. The van der Waals surface area contributed by atoms with Gasteiger partial charge < -0.3 is 4.74 Å². The summed E-state index contributed by atoms with van der Waals surface area (Å²) in [7, 11) is 0. The fourth-order valence-corrected chi connectivity index (χ4v) is 3.90. The number of para-hydroxylation sites is 1. The number of carbonyl (C=O) groups excluding carboxylic acids is 1. The van der Waals surface area contributed by atoms with Crippen LogP contribution < -0.4 is 15.6 Å². The van der Waals surface area contributed by atoms with Gasteiger partial charge in [-0.15, -0.1) is 0 Å². The maximum absolute atomic E-state index is 12.9. The Morgan fingerprint density at radius 3 is 2.68 bits per heavy atom. The maximum Gasteiger partial charge on any atom is 0.278 e. The number of hydrogen-bond acceptors (Lipinski definition) is 6. The van der Waals surface area contributed by atoms with E-state index in [4.69, 9.17) is 4.74 Å².